The molecule has 2 aromatic heterocycles. The van der Waals surface area contributed by atoms with Crippen LogP contribution in [0.3, 0.4) is 0 Å². The molecule has 0 atom stereocenters. The van der Waals surface area contributed by atoms with E-state index in [0.29, 0.717) is 29.7 Å². The maximum absolute atomic E-state index is 13.3. The first-order chi connectivity index (χ1) is 13.6. The molecule has 3 heterocycles. The van der Waals surface area contributed by atoms with E-state index in [9.17, 15) is 4.39 Å². The van der Waals surface area contributed by atoms with E-state index >= 15 is 0 Å². The molecule has 0 bridgehead atoms. The summed E-state index contributed by atoms with van der Waals surface area (Å²) in [4.78, 5) is 11.4. The van der Waals surface area contributed by atoms with Crippen LogP contribution >= 0.6 is 0 Å². The van der Waals surface area contributed by atoms with Crippen molar-refractivity contribution < 1.29 is 13.7 Å². The normalized spacial score (nSPS) is 14.3. The van der Waals surface area contributed by atoms with Gasteiger partial charge in [0.25, 0.3) is 0 Å². The van der Waals surface area contributed by atoms with Gasteiger partial charge in [0.05, 0.1) is 12.8 Å². The number of piperazine rings is 1. The molecule has 0 aliphatic carbocycles. The zero-order valence-corrected chi connectivity index (χ0v) is 15.9. The Hall–Kier alpha value is -3.00. The van der Waals surface area contributed by atoms with Gasteiger partial charge < -0.3 is 19.5 Å². The van der Waals surface area contributed by atoms with Crippen LogP contribution in [0.25, 0.3) is 11.3 Å². The first-order valence-electron chi connectivity index (χ1n) is 9.23. The Morgan fingerprint density at radius 3 is 2.64 bits per heavy atom. The fourth-order valence-corrected chi connectivity index (χ4v) is 3.28. The van der Waals surface area contributed by atoms with Crippen LogP contribution in [0.15, 0.2) is 34.9 Å². The Morgan fingerprint density at radius 2 is 1.93 bits per heavy atom. The summed E-state index contributed by atoms with van der Waals surface area (Å²) >= 11 is 0. The number of hydrogen-bond donors (Lipinski definition) is 1. The van der Waals surface area contributed by atoms with E-state index < -0.39 is 0 Å². The monoisotopic (exact) mass is 383 g/mol. The molecule has 0 unspecified atom stereocenters. The van der Waals surface area contributed by atoms with Crippen molar-refractivity contribution in [2.45, 2.75) is 13.3 Å². The fourth-order valence-electron chi connectivity index (χ4n) is 3.28. The highest BCUT2D eigenvalue weighted by atomic mass is 19.1. The Bertz CT molecular complexity index is 952. The molecule has 146 valence electrons. The molecule has 1 aliphatic rings. The van der Waals surface area contributed by atoms with E-state index in [1.54, 1.807) is 19.2 Å². The van der Waals surface area contributed by atoms with Crippen molar-refractivity contribution in [2.75, 3.05) is 38.2 Å². The molecule has 1 fully saturated rings. The number of aryl methyl sites for hydroxylation is 1. The van der Waals surface area contributed by atoms with Gasteiger partial charge in [0.15, 0.2) is 0 Å². The zero-order valence-electron chi connectivity index (χ0n) is 15.9. The minimum atomic E-state index is -0.285. The molecule has 7 nitrogen and oxygen atoms in total. The number of benzene rings is 1. The van der Waals surface area contributed by atoms with E-state index in [2.05, 4.69) is 20.4 Å². The van der Waals surface area contributed by atoms with Gasteiger partial charge in [-0.15, -0.1) is 0 Å². The third-order valence-electron chi connectivity index (χ3n) is 4.81. The summed E-state index contributed by atoms with van der Waals surface area (Å²) in [6.45, 7) is 5.36. The SMILES string of the molecule is COc1cc(Cc2c(-c3ccc(F)cc3)noc2C)nc(N2CCNCC2)n1. The lowest BCUT2D eigenvalue weighted by molar-refractivity contribution is 0.395. The largest absolute Gasteiger partial charge is 0.481 e. The quantitative estimate of drug-likeness (QED) is 0.726. The number of rotatable bonds is 5. The molecular weight excluding hydrogens is 361 g/mol. The topological polar surface area (TPSA) is 76.3 Å². The van der Waals surface area contributed by atoms with E-state index in [4.69, 9.17) is 14.2 Å². The van der Waals surface area contributed by atoms with Gasteiger partial charge in [-0.05, 0) is 31.2 Å². The van der Waals surface area contributed by atoms with E-state index in [1.165, 1.54) is 12.1 Å². The molecule has 1 N–H and O–H groups in total. The molecule has 4 rings (SSSR count). The van der Waals surface area contributed by atoms with Gasteiger partial charge in [0, 0.05) is 49.8 Å². The van der Waals surface area contributed by atoms with Crippen LogP contribution in [0.1, 0.15) is 17.0 Å². The van der Waals surface area contributed by atoms with Crippen molar-refractivity contribution in [1.82, 2.24) is 20.4 Å². The second-order valence-corrected chi connectivity index (χ2v) is 6.69. The van der Waals surface area contributed by atoms with Gasteiger partial charge in [-0.3, -0.25) is 0 Å². The standard InChI is InChI=1S/C20H22FN5O2/c1-13-17(19(25-28-13)14-3-5-15(21)6-4-14)11-16-12-18(27-2)24-20(23-16)26-9-7-22-8-10-26/h3-6,12,22H,7-11H2,1-2H3. The lowest BCUT2D eigenvalue weighted by Crippen LogP contribution is -2.44. The second kappa shape index (κ2) is 7.93. The zero-order chi connectivity index (χ0) is 19.5. The summed E-state index contributed by atoms with van der Waals surface area (Å²) in [6, 6.07) is 8.05. The molecule has 0 amide bonds. The number of nitrogens with zero attached hydrogens (tertiary/aromatic N) is 4. The number of ether oxygens (including phenoxy) is 1. The van der Waals surface area contributed by atoms with Gasteiger partial charge in [-0.1, -0.05) is 5.16 Å². The van der Waals surface area contributed by atoms with Crippen molar-refractivity contribution in [3.05, 3.63) is 53.2 Å². The lowest BCUT2D eigenvalue weighted by Gasteiger charge is -2.27. The highest BCUT2D eigenvalue weighted by Crippen LogP contribution is 2.28. The summed E-state index contributed by atoms with van der Waals surface area (Å²) in [5, 5.41) is 7.50. The van der Waals surface area contributed by atoms with Crippen LogP contribution in [0.2, 0.25) is 0 Å². The molecule has 28 heavy (non-hydrogen) atoms. The van der Waals surface area contributed by atoms with Crippen LogP contribution in [-0.2, 0) is 6.42 Å². The van der Waals surface area contributed by atoms with Crippen LogP contribution in [0, 0.1) is 12.7 Å². The number of anilines is 1. The van der Waals surface area contributed by atoms with Gasteiger partial charge in [-0.2, -0.15) is 4.98 Å². The Kier molecular flexibility index (Phi) is 5.21. The van der Waals surface area contributed by atoms with Crippen LogP contribution in [0.5, 0.6) is 5.88 Å². The molecule has 3 aromatic rings. The lowest BCUT2D eigenvalue weighted by atomic mass is 10.0. The van der Waals surface area contributed by atoms with Gasteiger partial charge in [0.2, 0.25) is 11.8 Å². The van der Waals surface area contributed by atoms with Crippen LogP contribution in [-0.4, -0.2) is 48.4 Å². The summed E-state index contributed by atoms with van der Waals surface area (Å²) in [5.41, 5.74) is 3.23. The van der Waals surface area contributed by atoms with Gasteiger partial charge in [0.1, 0.15) is 17.3 Å². The minimum absolute atomic E-state index is 0.285. The third-order valence-corrected chi connectivity index (χ3v) is 4.81. The average molecular weight is 383 g/mol. The van der Waals surface area contributed by atoms with Gasteiger partial charge >= 0.3 is 0 Å². The molecular formula is C20H22FN5O2. The Morgan fingerprint density at radius 1 is 1.18 bits per heavy atom. The number of methoxy groups -OCH3 is 1. The van der Waals surface area contributed by atoms with Gasteiger partial charge in [-0.25, -0.2) is 9.37 Å². The highest BCUT2D eigenvalue weighted by molar-refractivity contribution is 5.64. The van der Waals surface area contributed by atoms with E-state index in [0.717, 1.165) is 43.0 Å². The number of hydrogen-bond acceptors (Lipinski definition) is 7. The average Bonchev–Trinajstić information content (AvgIpc) is 3.09. The predicted octanol–water partition coefficient (Wildman–Crippen LogP) is 2.59. The van der Waals surface area contributed by atoms with Crippen LogP contribution in [0.4, 0.5) is 10.3 Å². The van der Waals surface area contributed by atoms with Crippen molar-refractivity contribution in [3.63, 3.8) is 0 Å². The summed E-state index contributed by atoms with van der Waals surface area (Å²) in [5.74, 6) is 1.61. The predicted molar refractivity (Wildman–Crippen MR) is 103 cm³/mol. The maximum atomic E-state index is 13.3. The molecule has 1 saturated heterocycles. The van der Waals surface area contributed by atoms with Crippen molar-refractivity contribution in [2.24, 2.45) is 0 Å². The molecule has 1 aromatic carbocycles. The van der Waals surface area contributed by atoms with Crippen LogP contribution < -0.4 is 15.0 Å². The molecule has 0 spiro atoms. The first-order valence-corrected chi connectivity index (χ1v) is 9.23. The summed E-state index contributed by atoms with van der Waals surface area (Å²) in [7, 11) is 1.60. The smallest absolute Gasteiger partial charge is 0.228 e. The van der Waals surface area contributed by atoms with Crippen molar-refractivity contribution >= 4 is 5.95 Å². The molecule has 1 aliphatic heterocycles. The van der Waals surface area contributed by atoms with Crippen molar-refractivity contribution in [3.8, 4) is 17.1 Å². The number of nitrogens with one attached hydrogen (secondary N) is 1. The molecule has 0 radical (unpaired) electrons. The van der Waals surface area contributed by atoms with E-state index in [-0.39, 0.29) is 5.82 Å². The molecule has 8 heteroatoms. The summed E-state index contributed by atoms with van der Waals surface area (Å²) in [6.07, 6.45) is 0.514. The Labute approximate surface area is 162 Å². The Balaban J connectivity index is 1.67. The second-order valence-electron chi connectivity index (χ2n) is 6.69. The maximum Gasteiger partial charge on any atom is 0.228 e. The van der Waals surface area contributed by atoms with Crippen molar-refractivity contribution in [1.29, 1.82) is 0 Å². The number of aromatic nitrogens is 3. The summed E-state index contributed by atoms with van der Waals surface area (Å²) < 4.78 is 24.1. The third kappa shape index (κ3) is 3.82. The molecule has 0 saturated carbocycles. The minimum Gasteiger partial charge on any atom is -0.481 e. The highest BCUT2D eigenvalue weighted by Gasteiger charge is 2.19. The number of halogens is 1. The van der Waals surface area contributed by atoms with E-state index in [1.807, 2.05) is 13.0 Å². The first kappa shape index (κ1) is 18.4. The fraction of sp³-hybridized carbons (Fsp3) is 0.350.